The number of ether oxygens (including phenoxy) is 2. The summed E-state index contributed by atoms with van der Waals surface area (Å²) < 4.78 is 20.3. The fourth-order valence-corrected chi connectivity index (χ4v) is 8.06. The third-order valence-corrected chi connectivity index (χ3v) is 10.4. The number of aliphatic hydroxyl groups is 1. The van der Waals surface area contributed by atoms with Gasteiger partial charge in [0.25, 0.3) is 5.56 Å². The predicted molar refractivity (Wildman–Crippen MR) is 160 cm³/mol. The number of carboxylic acid groups (broad SMARTS) is 1. The van der Waals surface area contributed by atoms with E-state index in [4.69, 9.17) is 13.9 Å². The monoisotopic (exact) mass is 609 g/mol. The number of aromatic nitrogens is 3. The Morgan fingerprint density at radius 1 is 1.19 bits per heavy atom. The normalized spacial score (nSPS) is 22.6. The predicted octanol–water partition coefficient (Wildman–Crippen LogP) is 4.32. The molecule has 5 atom stereocenters. The van der Waals surface area contributed by atoms with Crippen LogP contribution < -0.4 is 16.0 Å². The van der Waals surface area contributed by atoms with Crippen LogP contribution >= 0.6 is 11.3 Å². The Morgan fingerprint density at radius 3 is 2.51 bits per heavy atom. The number of aliphatic hydroxyl groups excluding tert-OH is 1. The molecule has 0 unspecified atom stereocenters. The van der Waals surface area contributed by atoms with Crippen LogP contribution in [-0.2, 0) is 21.6 Å². The molecular weight excluding hydrogens is 574 g/mol. The Labute approximate surface area is 251 Å². The maximum atomic E-state index is 14.2. The number of oxazole rings is 1. The van der Waals surface area contributed by atoms with E-state index in [0.29, 0.717) is 38.7 Å². The molecule has 0 spiro atoms. The van der Waals surface area contributed by atoms with Gasteiger partial charge in [0.2, 0.25) is 5.89 Å². The molecule has 43 heavy (non-hydrogen) atoms. The van der Waals surface area contributed by atoms with E-state index in [1.54, 1.807) is 14.0 Å². The van der Waals surface area contributed by atoms with Crippen molar-refractivity contribution < 1.29 is 28.9 Å². The minimum absolute atomic E-state index is 0.00508. The van der Waals surface area contributed by atoms with E-state index >= 15 is 0 Å². The minimum Gasteiger partial charge on any atom is -0.496 e. The fraction of sp³-hybridized carbons (Fsp3) is 0.484. The second-order valence-corrected chi connectivity index (χ2v) is 13.1. The standard InChI is InChI=1S/C31H35N3O8S/c1-16-24-27(36)34(31(2,3)29(37)38)30(39)33(28(24)43-25(16)26-32-9-10-41-26)15-23(21-7-5-6-8-22(21)40-4)42-20-13-17-11-19(35)12-18(17)14-20/h5-10,17-20,23,35H,11-15H2,1-4H3,(H,37,38)/t17-,18+,19+,20+,23-/m1/s1. The van der Waals surface area contributed by atoms with Gasteiger partial charge in [0.1, 0.15) is 28.5 Å². The molecule has 2 aliphatic carbocycles. The number of thiophene rings is 1. The van der Waals surface area contributed by atoms with Crippen molar-refractivity contribution in [2.45, 2.75) is 76.9 Å². The molecule has 4 aromatic rings. The van der Waals surface area contributed by atoms with Crippen LogP contribution in [0, 0.1) is 18.8 Å². The van der Waals surface area contributed by atoms with Gasteiger partial charge in [0.05, 0.1) is 42.3 Å². The second-order valence-electron chi connectivity index (χ2n) is 12.1. The molecule has 1 aromatic carbocycles. The number of hydrogen-bond donors (Lipinski definition) is 2. The molecule has 0 saturated heterocycles. The third-order valence-electron chi connectivity index (χ3n) is 9.06. The van der Waals surface area contributed by atoms with Crippen molar-refractivity contribution in [3.63, 3.8) is 0 Å². The maximum Gasteiger partial charge on any atom is 0.333 e. The number of fused-ring (bicyclic) bond motifs is 2. The highest BCUT2D eigenvalue weighted by Gasteiger charge is 2.43. The quantitative estimate of drug-likeness (QED) is 0.283. The molecule has 2 fully saturated rings. The summed E-state index contributed by atoms with van der Waals surface area (Å²) in [5, 5.41) is 20.4. The van der Waals surface area contributed by atoms with Gasteiger partial charge in [-0.25, -0.2) is 19.1 Å². The molecule has 3 aromatic heterocycles. The lowest BCUT2D eigenvalue weighted by molar-refractivity contribution is -0.146. The number of aliphatic carboxylic acids is 1. The van der Waals surface area contributed by atoms with E-state index in [9.17, 15) is 24.6 Å². The number of rotatable bonds is 9. The molecule has 0 bridgehead atoms. The number of para-hydroxylation sites is 1. The van der Waals surface area contributed by atoms with Crippen molar-refractivity contribution in [2.75, 3.05) is 7.11 Å². The summed E-state index contributed by atoms with van der Waals surface area (Å²) in [4.78, 5) is 45.7. The molecule has 2 aliphatic rings. The van der Waals surface area contributed by atoms with E-state index < -0.39 is 28.9 Å². The van der Waals surface area contributed by atoms with E-state index in [0.717, 1.165) is 35.8 Å². The van der Waals surface area contributed by atoms with Gasteiger partial charge in [-0.1, -0.05) is 18.2 Å². The van der Waals surface area contributed by atoms with Crippen molar-refractivity contribution in [2.24, 2.45) is 11.8 Å². The molecule has 0 aliphatic heterocycles. The van der Waals surface area contributed by atoms with Gasteiger partial charge >= 0.3 is 11.7 Å². The average molecular weight is 610 g/mol. The van der Waals surface area contributed by atoms with Crippen molar-refractivity contribution in [3.05, 3.63) is 68.7 Å². The highest BCUT2D eigenvalue weighted by atomic mass is 32.1. The zero-order chi connectivity index (χ0) is 30.6. The number of hydrogen-bond acceptors (Lipinski definition) is 9. The fourth-order valence-electron chi connectivity index (χ4n) is 6.82. The first kappa shape index (κ1) is 29.3. The van der Waals surface area contributed by atoms with Crippen LogP contribution in [0.3, 0.4) is 0 Å². The number of carbonyl (C=O) groups is 1. The van der Waals surface area contributed by atoms with Crippen LogP contribution in [0.15, 0.2) is 50.7 Å². The third kappa shape index (κ3) is 5.00. The van der Waals surface area contributed by atoms with Gasteiger partial charge in [-0.05, 0) is 69.9 Å². The molecule has 228 valence electrons. The molecular formula is C31H35N3O8S. The van der Waals surface area contributed by atoms with E-state index in [2.05, 4.69) is 4.98 Å². The molecule has 0 radical (unpaired) electrons. The first-order valence-electron chi connectivity index (χ1n) is 14.4. The van der Waals surface area contributed by atoms with E-state index in [1.165, 1.54) is 42.2 Å². The lowest BCUT2D eigenvalue weighted by Gasteiger charge is -2.27. The zero-order valence-corrected chi connectivity index (χ0v) is 25.3. The number of nitrogens with zero attached hydrogens (tertiary/aromatic N) is 3. The molecule has 12 heteroatoms. The number of aryl methyl sites for hydroxylation is 1. The maximum absolute atomic E-state index is 14.2. The molecule has 2 saturated carbocycles. The van der Waals surface area contributed by atoms with Crippen molar-refractivity contribution in [3.8, 4) is 16.5 Å². The number of methoxy groups -OCH3 is 1. The summed E-state index contributed by atoms with van der Waals surface area (Å²) in [5.41, 5.74) is -1.98. The molecule has 0 amide bonds. The molecule has 6 rings (SSSR count). The van der Waals surface area contributed by atoms with Gasteiger partial charge in [-0.2, -0.15) is 0 Å². The number of carboxylic acids is 1. The van der Waals surface area contributed by atoms with E-state index in [-0.39, 0.29) is 24.1 Å². The van der Waals surface area contributed by atoms with Crippen LogP contribution in [0.4, 0.5) is 0 Å². The summed E-state index contributed by atoms with van der Waals surface area (Å²) in [5.74, 6) is 0.352. The lowest BCUT2D eigenvalue weighted by Crippen LogP contribution is -2.52. The highest BCUT2D eigenvalue weighted by Crippen LogP contribution is 2.47. The first-order valence-corrected chi connectivity index (χ1v) is 15.2. The van der Waals surface area contributed by atoms with Crippen molar-refractivity contribution in [1.29, 1.82) is 0 Å². The summed E-state index contributed by atoms with van der Waals surface area (Å²) in [6.45, 7) is 4.42. The lowest BCUT2D eigenvalue weighted by atomic mass is 10.0. The Balaban J connectivity index is 1.52. The molecule has 3 heterocycles. The van der Waals surface area contributed by atoms with Gasteiger partial charge < -0.3 is 24.1 Å². The van der Waals surface area contributed by atoms with Gasteiger partial charge in [-0.15, -0.1) is 11.3 Å². The smallest absolute Gasteiger partial charge is 0.333 e. The minimum atomic E-state index is -1.83. The topological polar surface area (TPSA) is 146 Å². The summed E-state index contributed by atoms with van der Waals surface area (Å²) >= 11 is 1.20. The summed E-state index contributed by atoms with van der Waals surface area (Å²) in [7, 11) is 1.57. The molecule has 11 nitrogen and oxygen atoms in total. The zero-order valence-electron chi connectivity index (χ0n) is 24.5. The number of benzene rings is 1. The SMILES string of the molecule is COc1ccccc1[C@@H](Cn1c(=O)n(C(C)(C)C(=O)O)c(=O)c2c(C)c(-c3ncco3)sc21)O[C@H]1C[C@H]2C[C@H](O)C[C@H]2C1. The largest absolute Gasteiger partial charge is 0.496 e. The van der Waals surface area contributed by atoms with Crippen LogP contribution in [0.5, 0.6) is 5.75 Å². The average Bonchev–Trinajstić information content (AvgIpc) is 3.74. The van der Waals surface area contributed by atoms with Crippen molar-refractivity contribution >= 4 is 27.5 Å². The second kappa shape index (κ2) is 11.1. The van der Waals surface area contributed by atoms with E-state index in [1.807, 2.05) is 24.3 Å². The van der Waals surface area contributed by atoms with Crippen LogP contribution in [0.1, 0.15) is 56.8 Å². The van der Waals surface area contributed by atoms with Crippen LogP contribution in [0.25, 0.3) is 21.0 Å². The van der Waals surface area contributed by atoms with Crippen molar-refractivity contribution in [1.82, 2.24) is 14.1 Å². The van der Waals surface area contributed by atoms with Gasteiger partial charge in [-0.3, -0.25) is 9.36 Å². The summed E-state index contributed by atoms with van der Waals surface area (Å²) in [6, 6.07) is 7.44. The van der Waals surface area contributed by atoms with Crippen LogP contribution in [0.2, 0.25) is 0 Å². The Hall–Kier alpha value is -3.74. The Kier molecular flexibility index (Phi) is 7.55. The van der Waals surface area contributed by atoms with Gasteiger partial charge in [0.15, 0.2) is 0 Å². The highest BCUT2D eigenvalue weighted by molar-refractivity contribution is 7.22. The molecule has 2 N–H and O–H groups in total. The van der Waals surface area contributed by atoms with Gasteiger partial charge in [0, 0.05) is 5.56 Å². The summed E-state index contributed by atoms with van der Waals surface area (Å²) in [6.07, 6.45) is 5.03. The van der Waals surface area contributed by atoms with Crippen LogP contribution in [-0.4, -0.2) is 49.6 Å². The Bertz CT molecular complexity index is 1770. The Morgan fingerprint density at radius 2 is 1.88 bits per heavy atom. The first-order chi connectivity index (χ1) is 20.5.